The van der Waals surface area contributed by atoms with E-state index in [1.165, 1.54) is 11.1 Å². The number of aromatic carboxylic acids is 1. The molecule has 0 aromatic heterocycles. The van der Waals surface area contributed by atoms with Crippen LogP contribution in [0.25, 0.3) is 16.8 Å². The minimum atomic E-state index is -0.864. The number of carbonyl (C=O) groups is 1. The van der Waals surface area contributed by atoms with E-state index in [1.54, 1.807) is 6.07 Å². The summed E-state index contributed by atoms with van der Waals surface area (Å²) in [6.45, 7) is 0. The van der Waals surface area contributed by atoms with Crippen molar-refractivity contribution in [1.82, 2.24) is 0 Å². The van der Waals surface area contributed by atoms with Gasteiger partial charge in [0.25, 0.3) is 0 Å². The average Bonchev–Trinajstić information content (AvgIpc) is 2.76. The van der Waals surface area contributed by atoms with Gasteiger partial charge in [-0.05, 0) is 34.4 Å². The number of allylic oxidation sites excluding steroid dienone is 1. The molecule has 0 spiro atoms. The van der Waals surface area contributed by atoms with E-state index in [-0.39, 0.29) is 0 Å². The standard InChI is InChI=1S/C14H10O2/c15-14(16)13-6-2-5-11-10-4-1-3-9(10)7-8-12(11)13/h1-3,5-8H,4H2,(H,15,16). The van der Waals surface area contributed by atoms with Gasteiger partial charge in [0, 0.05) is 0 Å². The van der Waals surface area contributed by atoms with E-state index in [0.29, 0.717) is 5.56 Å². The van der Waals surface area contributed by atoms with Crippen LogP contribution in [-0.2, 0) is 6.42 Å². The van der Waals surface area contributed by atoms with Crippen molar-refractivity contribution in [3.63, 3.8) is 0 Å². The zero-order valence-corrected chi connectivity index (χ0v) is 8.60. The van der Waals surface area contributed by atoms with Gasteiger partial charge >= 0.3 is 5.97 Å². The molecule has 1 N–H and O–H groups in total. The smallest absolute Gasteiger partial charge is 0.336 e. The molecule has 1 aliphatic rings. The van der Waals surface area contributed by atoms with Crippen molar-refractivity contribution in [1.29, 1.82) is 0 Å². The third-order valence-electron chi connectivity index (χ3n) is 3.06. The molecule has 0 radical (unpaired) electrons. The fourth-order valence-electron chi connectivity index (χ4n) is 2.31. The van der Waals surface area contributed by atoms with Gasteiger partial charge in [0.2, 0.25) is 0 Å². The zero-order valence-electron chi connectivity index (χ0n) is 8.60. The Morgan fingerprint density at radius 1 is 1.12 bits per heavy atom. The van der Waals surface area contributed by atoms with Crippen molar-refractivity contribution in [2.75, 3.05) is 0 Å². The Morgan fingerprint density at radius 2 is 2.00 bits per heavy atom. The van der Waals surface area contributed by atoms with Gasteiger partial charge in [-0.2, -0.15) is 0 Å². The molecule has 1 aliphatic carbocycles. The molecule has 2 aromatic rings. The van der Waals surface area contributed by atoms with E-state index in [0.717, 1.165) is 17.2 Å². The summed E-state index contributed by atoms with van der Waals surface area (Å²) in [7, 11) is 0. The zero-order chi connectivity index (χ0) is 11.1. The van der Waals surface area contributed by atoms with Crippen molar-refractivity contribution in [2.45, 2.75) is 6.42 Å². The second kappa shape index (κ2) is 3.20. The Kier molecular flexibility index (Phi) is 1.83. The van der Waals surface area contributed by atoms with Gasteiger partial charge in [0.15, 0.2) is 0 Å². The summed E-state index contributed by atoms with van der Waals surface area (Å²) in [6, 6.07) is 9.35. The Morgan fingerprint density at radius 3 is 2.81 bits per heavy atom. The SMILES string of the molecule is O=C(O)c1cccc2c3c(ccc12)C=CC3. The lowest BCUT2D eigenvalue weighted by Crippen LogP contribution is -1.98. The molecule has 2 nitrogen and oxygen atoms in total. The van der Waals surface area contributed by atoms with Crippen molar-refractivity contribution >= 4 is 22.8 Å². The number of hydrogen-bond acceptors (Lipinski definition) is 1. The van der Waals surface area contributed by atoms with Crippen LogP contribution in [0, 0.1) is 0 Å². The molecule has 0 bridgehead atoms. The highest BCUT2D eigenvalue weighted by molar-refractivity contribution is 6.05. The molecule has 0 atom stereocenters. The van der Waals surface area contributed by atoms with E-state index in [2.05, 4.69) is 12.2 Å². The molecule has 0 fully saturated rings. The molecular formula is C14H10O2. The van der Waals surface area contributed by atoms with Crippen molar-refractivity contribution in [3.05, 3.63) is 53.1 Å². The van der Waals surface area contributed by atoms with Crippen LogP contribution >= 0.6 is 0 Å². The maximum Gasteiger partial charge on any atom is 0.336 e. The summed E-state index contributed by atoms with van der Waals surface area (Å²) in [4.78, 5) is 11.1. The molecule has 0 saturated carbocycles. The maximum absolute atomic E-state index is 11.1. The van der Waals surface area contributed by atoms with Crippen LogP contribution < -0.4 is 0 Å². The largest absolute Gasteiger partial charge is 0.478 e. The van der Waals surface area contributed by atoms with Gasteiger partial charge < -0.3 is 5.11 Å². The molecule has 0 amide bonds. The van der Waals surface area contributed by atoms with Crippen LogP contribution in [0.5, 0.6) is 0 Å². The first-order chi connectivity index (χ1) is 7.77. The number of carboxylic acids is 1. The molecule has 0 saturated heterocycles. The summed E-state index contributed by atoms with van der Waals surface area (Å²) in [5.41, 5.74) is 2.82. The van der Waals surface area contributed by atoms with E-state index >= 15 is 0 Å². The summed E-state index contributed by atoms with van der Waals surface area (Å²) in [5.74, 6) is -0.864. The van der Waals surface area contributed by atoms with E-state index in [4.69, 9.17) is 5.11 Å². The minimum absolute atomic E-state index is 0.382. The second-order valence-electron chi connectivity index (χ2n) is 3.95. The highest BCUT2D eigenvalue weighted by Gasteiger charge is 2.13. The highest BCUT2D eigenvalue weighted by Crippen LogP contribution is 2.30. The lowest BCUT2D eigenvalue weighted by molar-refractivity contribution is 0.0699. The van der Waals surface area contributed by atoms with Gasteiger partial charge in [-0.3, -0.25) is 0 Å². The number of benzene rings is 2. The summed E-state index contributed by atoms with van der Waals surface area (Å²) in [6.07, 6.45) is 5.09. The number of rotatable bonds is 1. The summed E-state index contributed by atoms with van der Waals surface area (Å²) >= 11 is 0. The van der Waals surface area contributed by atoms with Crippen LogP contribution in [0.1, 0.15) is 21.5 Å². The third kappa shape index (κ3) is 1.16. The van der Waals surface area contributed by atoms with Gasteiger partial charge in [-0.25, -0.2) is 4.79 Å². The number of carboxylic acid groups (broad SMARTS) is 1. The Bertz CT molecular complexity index is 624. The first-order valence-corrected chi connectivity index (χ1v) is 5.22. The molecule has 2 heteroatoms. The predicted octanol–water partition coefficient (Wildman–Crippen LogP) is 3.11. The number of fused-ring (bicyclic) bond motifs is 3. The molecule has 16 heavy (non-hydrogen) atoms. The second-order valence-corrected chi connectivity index (χ2v) is 3.95. The molecule has 0 unspecified atom stereocenters. The fraction of sp³-hybridized carbons (Fsp3) is 0.0714. The third-order valence-corrected chi connectivity index (χ3v) is 3.06. The lowest BCUT2D eigenvalue weighted by Gasteiger charge is -2.07. The van der Waals surface area contributed by atoms with Gasteiger partial charge in [-0.15, -0.1) is 0 Å². The van der Waals surface area contributed by atoms with Gasteiger partial charge in [-0.1, -0.05) is 36.4 Å². The van der Waals surface area contributed by atoms with E-state index in [9.17, 15) is 4.79 Å². The van der Waals surface area contributed by atoms with Crippen molar-refractivity contribution < 1.29 is 9.90 Å². The first-order valence-electron chi connectivity index (χ1n) is 5.22. The molecule has 2 aromatic carbocycles. The summed E-state index contributed by atoms with van der Waals surface area (Å²) < 4.78 is 0. The van der Waals surface area contributed by atoms with Crippen LogP contribution in [0.2, 0.25) is 0 Å². The summed E-state index contributed by atoms with van der Waals surface area (Å²) in [5, 5.41) is 11.0. The van der Waals surface area contributed by atoms with E-state index in [1.807, 2.05) is 24.3 Å². The van der Waals surface area contributed by atoms with Crippen molar-refractivity contribution in [3.8, 4) is 0 Å². The lowest BCUT2D eigenvalue weighted by atomic mass is 9.97. The topological polar surface area (TPSA) is 37.3 Å². The predicted molar refractivity (Wildman–Crippen MR) is 63.6 cm³/mol. The Hall–Kier alpha value is -2.09. The van der Waals surface area contributed by atoms with Crippen LogP contribution in [0.3, 0.4) is 0 Å². The highest BCUT2D eigenvalue weighted by atomic mass is 16.4. The molecule has 3 rings (SSSR count). The van der Waals surface area contributed by atoms with Crippen LogP contribution in [-0.4, -0.2) is 11.1 Å². The monoisotopic (exact) mass is 210 g/mol. The molecular weight excluding hydrogens is 200 g/mol. The fourth-order valence-corrected chi connectivity index (χ4v) is 2.31. The molecule has 0 heterocycles. The Labute approximate surface area is 92.8 Å². The Balaban J connectivity index is 2.40. The van der Waals surface area contributed by atoms with Gasteiger partial charge in [0.05, 0.1) is 5.56 Å². The van der Waals surface area contributed by atoms with Crippen molar-refractivity contribution in [2.24, 2.45) is 0 Å². The molecule has 78 valence electrons. The quantitative estimate of drug-likeness (QED) is 0.785. The van der Waals surface area contributed by atoms with Crippen LogP contribution in [0.4, 0.5) is 0 Å². The first kappa shape index (κ1) is 9.16. The van der Waals surface area contributed by atoms with Gasteiger partial charge in [0.1, 0.15) is 0 Å². The number of hydrogen-bond donors (Lipinski definition) is 1. The average molecular weight is 210 g/mol. The minimum Gasteiger partial charge on any atom is -0.478 e. The normalized spacial score (nSPS) is 13.0. The molecule has 0 aliphatic heterocycles. The van der Waals surface area contributed by atoms with Crippen LogP contribution in [0.15, 0.2) is 36.4 Å². The maximum atomic E-state index is 11.1. The van der Waals surface area contributed by atoms with E-state index < -0.39 is 5.97 Å².